The Labute approximate surface area is 101 Å². The molecule has 0 radical (unpaired) electrons. The van der Waals surface area contributed by atoms with Crippen LogP contribution in [0.3, 0.4) is 0 Å². The standard InChI is InChI=1S/C10H12Br2O2/c1-2-13-5-6-14-10-4-3-8(11)7-9(10)12/h3-4,7H,2,5-6H2,1H3. The summed E-state index contributed by atoms with van der Waals surface area (Å²) in [6.45, 7) is 3.90. The molecule has 0 aliphatic heterocycles. The van der Waals surface area contributed by atoms with Crippen LogP contribution in [0, 0.1) is 0 Å². The van der Waals surface area contributed by atoms with Gasteiger partial charge in [0.25, 0.3) is 0 Å². The van der Waals surface area contributed by atoms with E-state index in [9.17, 15) is 0 Å². The van der Waals surface area contributed by atoms with E-state index in [0.717, 1.165) is 21.3 Å². The Morgan fingerprint density at radius 1 is 1.21 bits per heavy atom. The third kappa shape index (κ3) is 3.98. The summed E-state index contributed by atoms with van der Waals surface area (Å²) in [5.74, 6) is 0.841. The maximum Gasteiger partial charge on any atom is 0.133 e. The van der Waals surface area contributed by atoms with E-state index in [-0.39, 0.29) is 0 Å². The van der Waals surface area contributed by atoms with Crippen molar-refractivity contribution in [1.82, 2.24) is 0 Å². The lowest BCUT2D eigenvalue weighted by atomic mass is 10.3. The van der Waals surface area contributed by atoms with Crippen molar-refractivity contribution in [2.24, 2.45) is 0 Å². The molecule has 0 saturated heterocycles. The van der Waals surface area contributed by atoms with Gasteiger partial charge in [0.1, 0.15) is 12.4 Å². The number of ether oxygens (including phenoxy) is 2. The Balaban J connectivity index is 2.42. The second-order valence-electron chi connectivity index (χ2n) is 2.62. The van der Waals surface area contributed by atoms with Crippen molar-refractivity contribution in [3.63, 3.8) is 0 Å². The minimum Gasteiger partial charge on any atom is -0.490 e. The first-order valence-electron chi connectivity index (χ1n) is 4.39. The first-order chi connectivity index (χ1) is 6.74. The topological polar surface area (TPSA) is 18.5 Å². The van der Waals surface area contributed by atoms with Gasteiger partial charge >= 0.3 is 0 Å². The SMILES string of the molecule is CCOCCOc1ccc(Br)cc1Br. The molecular formula is C10H12Br2O2. The van der Waals surface area contributed by atoms with Gasteiger partial charge in [-0.15, -0.1) is 0 Å². The van der Waals surface area contributed by atoms with Crippen molar-refractivity contribution < 1.29 is 9.47 Å². The Hall–Kier alpha value is -0.0600. The van der Waals surface area contributed by atoms with Gasteiger partial charge in [-0.25, -0.2) is 0 Å². The van der Waals surface area contributed by atoms with E-state index in [4.69, 9.17) is 9.47 Å². The zero-order valence-corrected chi connectivity index (χ0v) is 11.1. The molecule has 0 aromatic heterocycles. The summed E-state index contributed by atoms with van der Waals surface area (Å²) < 4.78 is 12.6. The molecule has 2 nitrogen and oxygen atoms in total. The van der Waals surface area contributed by atoms with Crippen LogP contribution < -0.4 is 4.74 Å². The molecule has 0 aliphatic carbocycles. The molecule has 0 bridgehead atoms. The van der Waals surface area contributed by atoms with Crippen molar-refractivity contribution in [2.75, 3.05) is 19.8 Å². The molecular weight excluding hydrogens is 312 g/mol. The van der Waals surface area contributed by atoms with Crippen molar-refractivity contribution in [2.45, 2.75) is 6.92 Å². The molecule has 1 aromatic carbocycles. The van der Waals surface area contributed by atoms with Gasteiger partial charge in [-0.05, 0) is 41.1 Å². The highest BCUT2D eigenvalue weighted by atomic mass is 79.9. The van der Waals surface area contributed by atoms with Gasteiger partial charge in [-0.1, -0.05) is 15.9 Å². The highest BCUT2D eigenvalue weighted by molar-refractivity contribution is 9.11. The van der Waals surface area contributed by atoms with Crippen LogP contribution in [0.2, 0.25) is 0 Å². The molecule has 78 valence electrons. The smallest absolute Gasteiger partial charge is 0.133 e. The maximum absolute atomic E-state index is 5.50. The quantitative estimate of drug-likeness (QED) is 0.770. The van der Waals surface area contributed by atoms with Crippen molar-refractivity contribution in [1.29, 1.82) is 0 Å². The highest BCUT2D eigenvalue weighted by Crippen LogP contribution is 2.27. The predicted molar refractivity (Wildman–Crippen MR) is 63.8 cm³/mol. The van der Waals surface area contributed by atoms with Gasteiger partial charge in [0.15, 0.2) is 0 Å². The summed E-state index contributed by atoms with van der Waals surface area (Å²) in [5.41, 5.74) is 0. The van der Waals surface area contributed by atoms with Crippen LogP contribution in [-0.4, -0.2) is 19.8 Å². The second kappa shape index (κ2) is 6.43. The van der Waals surface area contributed by atoms with Gasteiger partial charge in [-0.3, -0.25) is 0 Å². The molecule has 0 amide bonds. The summed E-state index contributed by atoms with van der Waals surface area (Å²) >= 11 is 6.80. The van der Waals surface area contributed by atoms with E-state index in [2.05, 4.69) is 31.9 Å². The lowest BCUT2D eigenvalue weighted by Crippen LogP contribution is -2.06. The fourth-order valence-corrected chi connectivity index (χ4v) is 2.11. The molecule has 0 spiro atoms. The fourth-order valence-electron chi connectivity index (χ4n) is 0.947. The number of benzene rings is 1. The first kappa shape index (κ1) is 12.0. The van der Waals surface area contributed by atoms with E-state index in [1.165, 1.54) is 0 Å². The van der Waals surface area contributed by atoms with Gasteiger partial charge in [-0.2, -0.15) is 0 Å². The predicted octanol–water partition coefficient (Wildman–Crippen LogP) is 3.63. The van der Waals surface area contributed by atoms with Crippen LogP contribution in [0.5, 0.6) is 5.75 Å². The van der Waals surface area contributed by atoms with Gasteiger partial charge in [0.2, 0.25) is 0 Å². The van der Waals surface area contributed by atoms with E-state index in [1.807, 2.05) is 25.1 Å². The monoisotopic (exact) mass is 322 g/mol. The number of hydrogen-bond donors (Lipinski definition) is 0. The minimum absolute atomic E-state index is 0.577. The molecule has 1 aromatic rings. The fraction of sp³-hybridized carbons (Fsp3) is 0.400. The van der Waals surface area contributed by atoms with Gasteiger partial charge < -0.3 is 9.47 Å². The number of hydrogen-bond acceptors (Lipinski definition) is 2. The Morgan fingerprint density at radius 2 is 2.00 bits per heavy atom. The number of halogens is 2. The molecule has 4 heteroatoms. The molecule has 0 atom stereocenters. The Kier molecular flexibility index (Phi) is 5.52. The second-order valence-corrected chi connectivity index (χ2v) is 4.39. The molecule has 0 N–H and O–H groups in total. The van der Waals surface area contributed by atoms with Gasteiger partial charge in [0, 0.05) is 11.1 Å². The first-order valence-corrected chi connectivity index (χ1v) is 5.98. The molecule has 14 heavy (non-hydrogen) atoms. The summed E-state index contributed by atoms with van der Waals surface area (Å²) in [4.78, 5) is 0. The molecule has 0 saturated carbocycles. The number of rotatable bonds is 5. The third-order valence-corrected chi connectivity index (χ3v) is 2.70. The summed E-state index contributed by atoms with van der Waals surface area (Å²) in [6.07, 6.45) is 0. The van der Waals surface area contributed by atoms with Crippen LogP contribution in [0.15, 0.2) is 27.1 Å². The van der Waals surface area contributed by atoms with Crippen LogP contribution >= 0.6 is 31.9 Å². The minimum atomic E-state index is 0.577. The Morgan fingerprint density at radius 3 is 2.64 bits per heavy atom. The van der Waals surface area contributed by atoms with Crippen LogP contribution in [0.4, 0.5) is 0 Å². The Bertz CT molecular complexity index is 289. The molecule has 0 aliphatic rings. The van der Waals surface area contributed by atoms with Crippen LogP contribution in [0.25, 0.3) is 0 Å². The maximum atomic E-state index is 5.50. The average molecular weight is 324 g/mol. The summed E-state index contributed by atoms with van der Waals surface area (Å²) in [5, 5.41) is 0. The highest BCUT2D eigenvalue weighted by Gasteiger charge is 2.00. The van der Waals surface area contributed by atoms with Crippen molar-refractivity contribution >= 4 is 31.9 Å². The normalized spacial score (nSPS) is 10.2. The largest absolute Gasteiger partial charge is 0.490 e. The van der Waals surface area contributed by atoms with E-state index >= 15 is 0 Å². The van der Waals surface area contributed by atoms with E-state index in [0.29, 0.717) is 13.2 Å². The molecule has 0 fully saturated rings. The molecule has 0 heterocycles. The van der Waals surface area contributed by atoms with E-state index < -0.39 is 0 Å². The van der Waals surface area contributed by atoms with E-state index in [1.54, 1.807) is 0 Å². The zero-order valence-electron chi connectivity index (χ0n) is 7.93. The summed E-state index contributed by atoms with van der Waals surface area (Å²) in [6, 6.07) is 5.82. The van der Waals surface area contributed by atoms with Crippen molar-refractivity contribution in [3.8, 4) is 5.75 Å². The van der Waals surface area contributed by atoms with Crippen LogP contribution in [0.1, 0.15) is 6.92 Å². The average Bonchev–Trinajstić information content (AvgIpc) is 2.15. The van der Waals surface area contributed by atoms with Crippen LogP contribution in [-0.2, 0) is 4.74 Å². The lowest BCUT2D eigenvalue weighted by molar-refractivity contribution is 0.110. The zero-order chi connectivity index (χ0) is 10.4. The lowest BCUT2D eigenvalue weighted by Gasteiger charge is -2.08. The third-order valence-electron chi connectivity index (χ3n) is 1.58. The molecule has 1 rings (SSSR count). The van der Waals surface area contributed by atoms with Gasteiger partial charge in [0.05, 0.1) is 11.1 Å². The van der Waals surface area contributed by atoms with Crippen molar-refractivity contribution in [3.05, 3.63) is 27.1 Å². The summed E-state index contributed by atoms with van der Waals surface area (Å²) in [7, 11) is 0. The molecule has 0 unspecified atom stereocenters.